The van der Waals surface area contributed by atoms with Gasteiger partial charge in [-0.25, -0.2) is 13.8 Å². The number of hydrogen-bond acceptors (Lipinski definition) is 4. The number of halogens is 3. The quantitative estimate of drug-likeness (QED) is 0.875. The van der Waals surface area contributed by atoms with Crippen LogP contribution in [0.5, 0.6) is 11.5 Å². The molecule has 0 aliphatic carbocycles. The lowest BCUT2D eigenvalue weighted by atomic mass is 10.2. The molecule has 8 heteroatoms. The number of nitrogens with zero attached hydrogens (tertiary/aromatic N) is 1. The van der Waals surface area contributed by atoms with Crippen LogP contribution >= 0.6 is 11.6 Å². The Morgan fingerprint density at radius 3 is 2.23 bits per heavy atom. The molecule has 2 rings (SSSR count). The third kappa shape index (κ3) is 3.09. The molecule has 0 atom stereocenters. The molecule has 0 unspecified atom stereocenters. The van der Waals surface area contributed by atoms with Crippen molar-refractivity contribution in [3.05, 3.63) is 46.7 Å². The minimum Gasteiger partial charge on any atom is -0.493 e. The molecule has 0 aliphatic heterocycles. The maximum Gasteiger partial charge on any atom is 0.257 e. The van der Waals surface area contributed by atoms with Crippen LogP contribution < -0.4 is 14.8 Å². The molecule has 0 radical (unpaired) electrons. The van der Waals surface area contributed by atoms with Gasteiger partial charge < -0.3 is 14.8 Å². The van der Waals surface area contributed by atoms with E-state index in [0.717, 1.165) is 6.07 Å². The first-order valence-corrected chi connectivity index (χ1v) is 6.38. The Morgan fingerprint density at radius 2 is 1.77 bits per heavy atom. The number of anilines is 1. The van der Waals surface area contributed by atoms with Crippen molar-refractivity contribution in [2.45, 2.75) is 0 Å². The normalized spacial score (nSPS) is 10.2. The van der Waals surface area contributed by atoms with Crippen molar-refractivity contribution in [2.75, 3.05) is 19.5 Å². The molecule has 1 aromatic carbocycles. The largest absolute Gasteiger partial charge is 0.493 e. The number of amides is 1. The predicted octanol–water partition coefficient (Wildman–Crippen LogP) is 3.28. The Balaban J connectivity index is 2.40. The number of nitrogens with one attached hydrogen (secondary N) is 1. The van der Waals surface area contributed by atoms with Crippen LogP contribution in [0.15, 0.2) is 24.4 Å². The smallest absolute Gasteiger partial charge is 0.257 e. The van der Waals surface area contributed by atoms with Crippen molar-refractivity contribution >= 4 is 23.2 Å². The van der Waals surface area contributed by atoms with Gasteiger partial charge in [0.2, 0.25) is 0 Å². The highest BCUT2D eigenvalue weighted by Crippen LogP contribution is 2.35. The highest BCUT2D eigenvalue weighted by Gasteiger charge is 2.22. The van der Waals surface area contributed by atoms with Gasteiger partial charge in [0, 0.05) is 12.3 Å². The maximum absolute atomic E-state index is 14.1. The van der Waals surface area contributed by atoms with Gasteiger partial charge in [-0.1, -0.05) is 11.6 Å². The van der Waals surface area contributed by atoms with E-state index in [2.05, 4.69) is 10.3 Å². The van der Waals surface area contributed by atoms with E-state index in [-0.39, 0.29) is 22.2 Å². The van der Waals surface area contributed by atoms with Gasteiger partial charge in [0.25, 0.3) is 5.91 Å². The first-order chi connectivity index (χ1) is 10.5. The summed E-state index contributed by atoms with van der Waals surface area (Å²) < 4.78 is 37.8. The van der Waals surface area contributed by atoms with Crippen molar-refractivity contribution < 1.29 is 23.0 Å². The van der Waals surface area contributed by atoms with Gasteiger partial charge >= 0.3 is 0 Å². The summed E-state index contributed by atoms with van der Waals surface area (Å²) >= 11 is 5.61. The predicted molar refractivity (Wildman–Crippen MR) is 76.7 cm³/mol. The number of carbonyl (C=O) groups excluding carboxylic acids is 1. The van der Waals surface area contributed by atoms with Gasteiger partial charge in [-0.2, -0.15) is 0 Å². The number of carbonyl (C=O) groups is 1. The fraction of sp³-hybridized carbons (Fsp3) is 0.143. The molecule has 0 fully saturated rings. The fourth-order valence-corrected chi connectivity index (χ4v) is 1.80. The van der Waals surface area contributed by atoms with Crippen LogP contribution in [0.3, 0.4) is 0 Å². The summed E-state index contributed by atoms with van der Waals surface area (Å²) in [6, 6.07) is 3.80. The van der Waals surface area contributed by atoms with Crippen LogP contribution in [0, 0.1) is 11.6 Å². The second-order valence-electron chi connectivity index (χ2n) is 4.11. The Hall–Kier alpha value is -2.41. The Kier molecular flexibility index (Phi) is 4.77. The van der Waals surface area contributed by atoms with E-state index in [1.54, 1.807) is 0 Å². The average molecular weight is 329 g/mol. The summed E-state index contributed by atoms with van der Waals surface area (Å²) in [7, 11) is 2.43. The van der Waals surface area contributed by atoms with E-state index in [9.17, 15) is 13.6 Å². The van der Waals surface area contributed by atoms with Crippen molar-refractivity contribution in [1.29, 1.82) is 0 Å². The highest BCUT2D eigenvalue weighted by molar-refractivity contribution is 6.29. The lowest BCUT2D eigenvalue weighted by Crippen LogP contribution is -2.15. The number of aromatic nitrogens is 1. The van der Waals surface area contributed by atoms with Crippen LogP contribution in [0.1, 0.15) is 10.4 Å². The zero-order chi connectivity index (χ0) is 16.3. The van der Waals surface area contributed by atoms with Crippen molar-refractivity contribution in [3.63, 3.8) is 0 Å². The zero-order valence-corrected chi connectivity index (χ0v) is 12.4. The first-order valence-electron chi connectivity index (χ1n) is 6.00. The number of ether oxygens (including phenoxy) is 2. The first kappa shape index (κ1) is 16.0. The molecule has 0 spiro atoms. The second kappa shape index (κ2) is 6.57. The number of hydrogen-bond donors (Lipinski definition) is 1. The lowest BCUT2D eigenvalue weighted by Gasteiger charge is -2.13. The Bertz CT molecular complexity index is 680. The minimum atomic E-state index is -1.05. The molecular weight excluding hydrogens is 318 g/mol. The summed E-state index contributed by atoms with van der Waals surface area (Å²) in [4.78, 5) is 15.7. The minimum absolute atomic E-state index is 0.0880. The number of benzene rings is 1. The molecule has 0 saturated heterocycles. The van der Waals surface area contributed by atoms with Crippen molar-refractivity contribution in [3.8, 4) is 11.5 Å². The van der Waals surface area contributed by atoms with E-state index in [1.165, 1.54) is 32.5 Å². The van der Waals surface area contributed by atoms with Gasteiger partial charge in [-0.15, -0.1) is 0 Å². The van der Waals surface area contributed by atoms with Crippen LogP contribution in [0.25, 0.3) is 0 Å². The van der Waals surface area contributed by atoms with Crippen molar-refractivity contribution in [1.82, 2.24) is 4.98 Å². The van der Waals surface area contributed by atoms with E-state index >= 15 is 0 Å². The topological polar surface area (TPSA) is 60.5 Å². The van der Waals surface area contributed by atoms with E-state index < -0.39 is 23.2 Å². The Morgan fingerprint density at radius 1 is 1.18 bits per heavy atom. The molecule has 5 nitrogen and oxygen atoms in total. The molecule has 116 valence electrons. The highest BCUT2D eigenvalue weighted by atomic mass is 35.5. The van der Waals surface area contributed by atoms with Crippen molar-refractivity contribution in [2.24, 2.45) is 0 Å². The average Bonchev–Trinajstić information content (AvgIpc) is 2.52. The standard InChI is InChI=1S/C14H11ClF2N2O3/c1-21-8-5-9(22-2)12(17)13(11(8)16)19-14(20)7-3-4-10(15)18-6-7/h3-6H,1-2H3,(H,19,20). The van der Waals surface area contributed by atoms with Gasteiger partial charge in [-0.05, 0) is 12.1 Å². The summed E-state index contributed by atoms with van der Waals surface area (Å²) in [5, 5.41) is 2.32. The molecular formula is C14H11ClF2N2O3. The lowest BCUT2D eigenvalue weighted by molar-refractivity contribution is 0.102. The molecule has 1 amide bonds. The van der Waals surface area contributed by atoms with Gasteiger partial charge in [-0.3, -0.25) is 4.79 Å². The van der Waals surface area contributed by atoms with Gasteiger partial charge in [0.05, 0.1) is 19.8 Å². The summed E-state index contributed by atoms with van der Waals surface area (Å²) in [6.07, 6.45) is 1.19. The van der Waals surface area contributed by atoms with Crippen LogP contribution in [0.2, 0.25) is 5.15 Å². The monoisotopic (exact) mass is 328 g/mol. The van der Waals surface area contributed by atoms with Crippen LogP contribution in [-0.4, -0.2) is 25.1 Å². The molecule has 0 bridgehead atoms. The van der Waals surface area contributed by atoms with Crippen LogP contribution in [0.4, 0.5) is 14.5 Å². The molecule has 22 heavy (non-hydrogen) atoms. The third-order valence-electron chi connectivity index (χ3n) is 2.80. The summed E-state index contributed by atoms with van der Waals surface area (Å²) in [5.74, 6) is -3.37. The maximum atomic E-state index is 14.1. The van der Waals surface area contributed by atoms with E-state index in [0.29, 0.717) is 0 Å². The summed E-state index contributed by atoms with van der Waals surface area (Å²) in [6.45, 7) is 0. The number of rotatable bonds is 4. The van der Waals surface area contributed by atoms with Crippen LogP contribution in [-0.2, 0) is 0 Å². The molecule has 1 N–H and O–H groups in total. The molecule has 0 saturated carbocycles. The zero-order valence-electron chi connectivity index (χ0n) is 11.6. The Labute approximate surface area is 129 Å². The van der Waals surface area contributed by atoms with Gasteiger partial charge in [0.15, 0.2) is 23.1 Å². The SMILES string of the molecule is COc1cc(OC)c(F)c(NC(=O)c2ccc(Cl)nc2)c1F. The van der Waals surface area contributed by atoms with E-state index in [4.69, 9.17) is 21.1 Å². The van der Waals surface area contributed by atoms with Gasteiger partial charge in [0.1, 0.15) is 10.8 Å². The summed E-state index contributed by atoms with van der Waals surface area (Å²) in [5.41, 5.74) is -0.582. The number of pyridine rings is 1. The van der Waals surface area contributed by atoms with E-state index in [1.807, 2.05) is 0 Å². The molecule has 0 aliphatic rings. The molecule has 2 aromatic rings. The second-order valence-corrected chi connectivity index (χ2v) is 4.50. The molecule has 1 heterocycles. The third-order valence-corrected chi connectivity index (χ3v) is 3.03. The molecule has 1 aromatic heterocycles. The number of methoxy groups -OCH3 is 2. The fourth-order valence-electron chi connectivity index (χ4n) is 1.69.